The van der Waals surface area contributed by atoms with Crippen molar-refractivity contribution in [2.45, 2.75) is 30.5 Å². The van der Waals surface area contributed by atoms with E-state index in [1.165, 1.54) is 71.9 Å². The van der Waals surface area contributed by atoms with Crippen molar-refractivity contribution in [3.63, 3.8) is 0 Å². The Balaban J connectivity index is 1.15. The summed E-state index contributed by atoms with van der Waals surface area (Å²) in [5.74, 6) is 0. The molecular formula is C61H47NOSi. The molecular weight excluding hydrogens is 791 g/mol. The molecule has 0 atom stereocenters. The minimum atomic E-state index is -1.69. The molecule has 0 radical (unpaired) electrons. The van der Waals surface area contributed by atoms with Crippen LogP contribution < -0.4 is 10.1 Å². The lowest BCUT2D eigenvalue weighted by Gasteiger charge is -2.36. The zero-order valence-corrected chi connectivity index (χ0v) is 37.3. The normalized spacial score (nSPS) is 14.1. The number of hydrogen-bond donors (Lipinski definition) is 0. The SMILES string of the molecule is C[Si](C)(C)c1ccc2c(c1)C(c1ccccc1)(c1ccccc1)c1cc(N(c3ccc4c(c3)C(c3ccccc3)(c3ccccc3)c3ccccc3-4)c3ccc4ccoc4c3)ccc1-2. The van der Waals surface area contributed by atoms with Crippen LogP contribution in [0.5, 0.6) is 0 Å². The number of fused-ring (bicyclic) bond motifs is 7. The maximum Gasteiger partial charge on any atom is 0.135 e. The fourth-order valence-electron chi connectivity index (χ4n) is 11.2. The van der Waals surface area contributed by atoms with Gasteiger partial charge in [-0.25, -0.2) is 0 Å². The quantitative estimate of drug-likeness (QED) is 0.142. The lowest BCUT2D eigenvalue weighted by atomic mass is 9.67. The van der Waals surface area contributed by atoms with E-state index in [1.54, 1.807) is 6.26 Å². The topological polar surface area (TPSA) is 16.4 Å². The van der Waals surface area contributed by atoms with E-state index in [1.807, 2.05) is 6.07 Å². The predicted molar refractivity (Wildman–Crippen MR) is 268 cm³/mol. The summed E-state index contributed by atoms with van der Waals surface area (Å²) < 4.78 is 6.13. The van der Waals surface area contributed by atoms with Gasteiger partial charge in [0.15, 0.2) is 0 Å². The highest BCUT2D eigenvalue weighted by Crippen LogP contribution is 2.59. The standard InChI is InChI=1S/C61H47NOSi/c1-64(2,3)50-32-35-54-53-34-31-48(39-57(53)61(58(54)41-50,45-22-12-6-13-23-45)46-24-14-7-15-25-46)62(49-29-28-42-36-37-63-59(42)40-49)47-30-33-52-51-26-16-17-27-55(51)60(56(52)38-47,43-18-8-4-9-19-43)44-20-10-5-11-21-44/h4-41H,1-3H3. The molecule has 0 amide bonds. The molecule has 3 heteroatoms. The molecule has 2 aliphatic carbocycles. The molecule has 0 fully saturated rings. The minimum Gasteiger partial charge on any atom is -0.464 e. The average molecular weight is 838 g/mol. The third kappa shape index (κ3) is 5.57. The van der Waals surface area contributed by atoms with Gasteiger partial charge < -0.3 is 9.32 Å². The molecule has 0 bridgehead atoms. The molecule has 1 aromatic heterocycles. The maximum absolute atomic E-state index is 6.13. The maximum atomic E-state index is 6.13. The molecule has 64 heavy (non-hydrogen) atoms. The van der Waals surface area contributed by atoms with Crippen LogP contribution in [-0.4, -0.2) is 8.07 Å². The molecule has 306 valence electrons. The second-order valence-electron chi connectivity index (χ2n) is 18.5. The van der Waals surface area contributed by atoms with Crippen LogP contribution in [0.3, 0.4) is 0 Å². The fourth-order valence-corrected chi connectivity index (χ4v) is 12.3. The summed E-state index contributed by atoms with van der Waals surface area (Å²) in [5, 5.41) is 2.54. The van der Waals surface area contributed by atoms with Crippen LogP contribution in [0.1, 0.15) is 44.5 Å². The van der Waals surface area contributed by atoms with Crippen LogP contribution in [0.15, 0.2) is 235 Å². The Bertz CT molecular complexity index is 3290. The first kappa shape index (κ1) is 38.2. The second-order valence-corrected chi connectivity index (χ2v) is 23.5. The summed E-state index contributed by atoms with van der Waals surface area (Å²) in [6, 6.07) is 83.9. The number of benzene rings is 9. The highest BCUT2D eigenvalue weighted by molar-refractivity contribution is 6.88. The van der Waals surface area contributed by atoms with Crippen molar-refractivity contribution in [2.75, 3.05) is 4.90 Å². The molecule has 0 aliphatic heterocycles. The van der Waals surface area contributed by atoms with Crippen molar-refractivity contribution in [2.24, 2.45) is 0 Å². The first-order valence-corrected chi connectivity index (χ1v) is 25.9. The van der Waals surface area contributed by atoms with E-state index in [2.05, 4.69) is 243 Å². The van der Waals surface area contributed by atoms with Crippen molar-refractivity contribution in [1.82, 2.24) is 0 Å². The number of anilines is 3. The van der Waals surface area contributed by atoms with Crippen molar-refractivity contribution in [3.8, 4) is 22.3 Å². The fraction of sp³-hybridized carbons (Fsp3) is 0.0820. The summed E-state index contributed by atoms with van der Waals surface area (Å²) in [5.41, 5.74) is 18.3. The van der Waals surface area contributed by atoms with E-state index in [0.717, 1.165) is 28.0 Å². The average Bonchev–Trinajstić information content (AvgIpc) is 4.02. The Morgan fingerprint density at radius 2 is 0.766 bits per heavy atom. The Labute approximate surface area is 376 Å². The summed E-state index contributed by atoms with van der Waals surface area (Å²) >= 11 is 0. The highest BCUT2D eigenvalue weighted by Gasteiger charge is 2.48. The van der Waals surface area contributed by atoms with Gasteiger partial charge in [-0.2, -0.15) is 0 Å². The lowest BCUT2D eigenvalue weighted by molar-refractivity contribution is 0.616. The number of hydrogen-bond acceptors (Lipinski definition) is 2. The Hall–Kier alpha value is -7.46. The molecule has 10 aromatic rings. The van der Waals surface area contributed by atoms with Gasteiger partial charge in [0.2, 0.25) is 0 Å². The van der Waals surface area contributed by atoms with Gasteiger partial charge in [-0.05, 0) is 109 Å². The van der Waals surface area contributed by atoms with Crippen LogP contribution in [0.4, 0.5) is 17.1 Å². The Morgan fingerprint density at radius 3 is 1.28 bits per heavy atom. The Kier molecular flexibility index (Phi) is 8.69. The molecule has 0 saturated carbocycles. The molecule has 2 nitrogen and oxygen atoms in total. The monoisotopic (exact) mass is 837 g/mol. The van der Waals surface area contributed by atoms with Crippen LogP contribution in [-0.2, 0) is 10.8 Å². The molecule has 2 aliphatic rings. The number of nitrogens with zero attached hydrogens (tertiary/aromatic N) is 1. The van der Waals surface area contributed by atoms with Crippen molar-refractivity contribution < 1.29 is 4.42 Å². The summed E-state index contributed by atoms with van der Waals surface area (Å²) in [6.07, 6.45) is 1.79. The van der Waals surface area contributed by atoms with E-state index in [4.69, 9.17) is 4.42 Å². The predicted octanol–water partition coefficient (Wildman–Crippen LogP) is 15.2. The molecule has 1 heterocycles. The van der Waals surface area contributed by atoms with Gasteiger partial charge in [0.1, 0.15) is 5.58 Å². The zero-order valence-electron chi connectivity index (χ0n) is 36.3. The number of rotatable bonds is 8. The smallest absolute Gasteiger partial charge is 0.135 e. The third-order valence-corrected chi connectivity index (χ3v) is 16.1. The second kappa shape index (κ2) is 14.6. The summed E-state index contributed by atoms with van der Waals surface area (Å²) in [4.78, 5) is 2.45. The van der Waals surface area contributed by atoms with Gasteiger partial charge in [0.25, 0.3) is 0 Å². The molecule has 0 N–H and O–H groups in total. The molecule has 0 unspecified atom stereocenters. The van der Waals surface area contributed by atoms with E-state index < -0.39 is 18.9 Å². The summed E-state index contributed by atoms with van der Waals surface area (Å²) in [6.45, 7) is 7.36. The number of furan rings is 1. The van der Waals surface area contributed by atoms with E-state index in [0.29, 0.717) is 0 Å². The van der Waals surface area contributed by atoms with Crippen LogP contribution >= 0.6 is 0 Å². The molecule has 9 aromatic carbocycles. The molecule has 0 spiro atoms. The zero-order chi connectivity index (χ0) is 43.0. The first-order valence-electron chi connectivity index (χ1n) is 22.4. The van der Waals surface area contributed by atoms with Crippen molar-refractivity contribution >= 4 is 41.3 Å². The minimum absolute atomic E-state index is 0.537. The van der Waals surface area contributed by atoms with Gasteiger partial charge in [0.05, 0.1) is 25.2 Å². The van der Waals surface area contributed by atoms with Gasteiger partial charge in [-0.3, -0.25) is 0 Å². The van der Waals surface area contributed by atoms with E-state index >= 15 is 0 Å². The Morgan fingerprint density at radius 1 is 0.359 bits per heavy atom. The molecule has 0 saturated heterocycles. The highest BCUT2D eigenvalue weighted by atomic mass is 28.3. The van der Waals surface area contributed by atoms with Gasteiger partial charge in [-0.15, -0.1) is 0 Å². The lowest BCUT2D eigenvalue weighted by Crippen LogP contribution is -2.39. The van der Waals surface area contributed by atoms with Crippen molar-refractivity contribution in [3.05, 3.63) is 275 Å². The van der Waals surface area contributed by atoms with Gasteiger partial charge in [0, 0.05) is 28.5 Å². The van der Waals surface area contributed by atoms with Crippen LogP contribution in [0.2, 0.25) is 19.6 Å². The first-order chi connectivity index (χ1) is 31.4. The molecule has 12 rings (SSSR count). The van der Waals surface area contributed by atoms with Gasteiger partial charge in [-0.1, -0.05) is 201 Å². The van der Waals surface area contributed by atoms with Crippen molar-refractivity contribution in [1.29, 1.82) is 0 Å². The van der Waals surface area contributed by atoms with Crippen LogP contribution in [0.25, 0.3) is 33.2 Å². The summed E-state index contributed by atoms with van der Waals surface area (Å²) in [7, 11) is -1.69. The van der Waals surface area contributed by atoms with E-state index in [9.17, 15) is 0 Å². The van der Waals surface area contributed by atoms with E-state index in [-0.39, 0.29) is 0 Å². The largest absolute Gasteiger partial charge is 0.464 e. The van der Waals surface area contributed by atoms with Crippen LogP contribution in [0, 0.1) is 0 Å². The van der Waals surface area contributed by atoms with Gasteiger partial charge >= 0.3 is 0 Å². The third-order valence-electron chi connectivity index (χ3n) is 14.1.